The molecular weight excluding hydrogens is 407 g/mol. The molecule has 0 N–H and O–H groups in total. The summed E-state index contributed by atoms with van der Waals surface area (Å²) in [5, 5.41) is 0. The van der Waals surface area contributed by atoms with Crippen molar-refractivity contribution in [2.24, 2.45) is 4.40 Å². The second-order valence-corrected chi connectivity index (χ2v) is 8.07. The highest BCUT2D eigenvalue weighted by Gasteiger charge is 2.32. The predicted molar refractivity (Wildman–Crippen MR) is 101 cm³/mol. The largest absolute Gasteiger partial charge is 0.456 e. The van der Waals surface area contributed by atoms with Gasteiger partial charge in [0.1, 0.15) is 17.2 Å². The molecule has 2 aliphatic heterocycles. The number of hydrogen-bond donors (Lipinski definition) is 0. The highest BCUT2D eigenvalue weighted by molar-refractivity contribution is 7.90. The summed E-state index contributed by atoms with van der Waals surface area (Å²) in [6, 6.07) is 8.75. The van der Waals surface area contributed by atoms with Crippen LogP contribution < -0.4 is 4.74 Å². The zero-order valence-corrected chi connectivity index (χ0v) is 15.6. The summed E-state index contributed by atoms with van der Waals surface area (Å²) >= 11 is 0. The summed E-state index contributed by atoms with van der Waals surface area (Å²) < 4.78 is 70.8. The molecule has 2 aliphatic rings. The fourth-order valence-corrected chi connectivity index (χ4v) is 3.87. The van der Waals surface area contributed by atoms with Crippen LogP contribution in [0.5, 0.6) is 11.5 Å². The number of allylic oxidation sites excluding steroid dienone is 2. The van der Waals surface area contributed by atoms with Crippen molar-refractivity contribution in [3.63, 3.8) is 0 Å². The van der Waals surface area contributed by atoms with Crippen LogP contribution >= 0.6 is 0 Å². The van der Waals surface area contributed by atoms with Crippen LogP contribution in [0.2, 0.25) is 0 Å². The molecule has 150 valence electrons. The Morgan fingerprint density at radius 2 is 1.76 bits per heavy atom. The molecule has 1 aromatic heterocycles. The summed E-state index contributed by atoms with van der Waals surface area (Å²) in [5.74, 6) is 0.887. The Kier molecular flexibility index (Phi) is 4.65. The molecule has 0 saturated heterocycles. The van der Waals surface area contributed by atoms with Crippen LogP contribution in [0.4, 0.5) is 13.2 Å². The van der Waals surface area contributed by atoms with Crippen molar-refractivity contribution in [3.8, 4) is 11.5 Å². The van der Waals surface area contributed by atoms with E-state index >= 15 is 0 Å². The summed E-state index contributed by atoms with van der Waals surface area (Å²) in [4.78, 5) is 5.12. The van der Waals surface area contributed by atoms with Gasteiger partial charge in [0.2, 0.25) is 0 Å². The number of aromatic nitrogens is 1. The lowest BCUT2D eigenvalue weighted by Crippen LogP contribution is -2.37. The van der Waals surface area contributed by atoms with Crippen molar-refractivity contribution in [3.05, 3.63) is 72.2 Å². The SMILES string of the molecule is O=S1(=O)CCN2C=CC=C(c3ccc(Oc4ccc(C(F)(F)F)nc4)cc3)C2=N1. The summed E-state index contributed by atoms with van der Waals surface area (Å²) in [7, 11) is -3.50. The zero-order chi connectivity index (χ0) is 20.6. The second kappa shape index (κ2) is 7.03. The molecule has 0 fully saturated rings. The average molecular weight is 421 g/mol. The first-order valence-corrected chi connectivity index (χ1v) is 10.1. The first-order chi connectivity index (χ1) is 13.7. The molecular formula is C19H14F3N3O3S. The number of nitrogens with zero attached hydrogens (tertiary/aromatic N) is 3. The molecule has 10 heteroatoms. The Bertz CT molecular complexity index is 1120. The zero-order valence-electron chi connectivity index (χ0n) is 14.8. The molecule has 1 aromatic carbocycles. The van der Waals surface area contributed by atoms with Crippen LogP contribution in [-0.2, 0) is 16.2 Å². The van der Waals surface area contributed by atoms with E-state index in [0.717, 1.165) is 17.8 Å². The van der Waals surface area contributed by atoms with Gasteiger partial charge in [-0.2, -0.15) is 13.2 Å². The highest BCUT2D eigenvalue weighted by atomic mass is 32.2. The van der Waals surface area contributed by atoms with Gasteiger partial charge in [0.15, 0.2) is 5.84 Å². The van der Waals surface area contributed by atoms with E-state index < -0.39 is 21.9 Å². The number of sulfonamides is 1. The Hall–Kier alpha value is -3.14. The van der Waals surface area contributed by atoms with E-state index in [4.69, 9.17) is 4.74 Å². The quantitative estimate of drug-likeness (QED) is 0.753. The first-order valence-electron chi connectivity index (χ1n) is 8.51. The Morgan fingerprint density at radius 1 is 1.03 bits per heavy atom. The Labute approximate surface area is 164 Å². The fraction of sp³-hybridized carbons (Fsp3) is 0.158. The standard InChI is InChI=1S/C19H14F3N3O3S/c20-19(21,22)17-8-7-15(12-23-17)28-14-5-3-13(4-6-14)16-2-1-9-25-10-11-29(26,27)24-18(16)25/h1-9,12H,10-11H2. The van der Waals surface area contributed by atoms with Crippen molar-refractivity contribution in [1.82, 2.24) is 9.88 Å². The van der Waals surface area contributed by atoms with E-state index in [-0.39, 0.29) is 11.5 Å². The normalized spacial score (nSPS) is 18.0. The maximum Gasteiger partial charge on any atom is 0.433 e. The molecule has 0 unspecified atom stereocenters. The molecule has 0 atom stereocenters. The van der Waals surface area contributed by atoms with Crippen LogP contribution in [0.15, 0.2) is 65.3 Å². The number of amidine groups is 1. The molecule has 0 bridgehead atoms. The van der Waals surface area contributed by atoms with E-state index in [2.05, 4.69) is 9.38 Å². The van der Waals surface area contributed by atoms with Gasteiger partial charge in [-0.1, -0.05) is 12.1 Å². The number of halogens is 3. The van der Waals surface area contributed by atoms with Gasteiger partial charge in [0.05, 0.1) is 11.9 Å². The molecule has 0 saturated carbocycles. The predicted octanol–water partition coefficient (Wildman–Crippen LogP) is 3.85. The second-order valence-electron chi connectivity index (χ2n) is 6.32. The molecule has 0 spiro atoms. The van der Waals surface area contributed by atoms with Gasteiger partial charge in [0, 0.05) is 18.3 Å². The van der Waals surface area contributed by atoms with Crippen molar-refractivity contribution in [1.29, 1.82) is 0 Å². The molecule has 29 heavy (non-hydrogen) atoms. The lowest BCUT2D eigenvalue weighted by atomic mass is 10.0. The minimum atomic E-state index is -4.51. The minimum absolute atomic E-state index is 0.0396. The Balaban J connectivity index is 1.54. The van der Waals surface area contributed by atoms with Crippen molar-refractivity contribution < 1.29 is 26.3 Å². The Morgan fingerprint density at radius 3 is 2.41 bits per heavy atom. The van der Waals surface area contributed by atoms with Crippen molar-refractivity contribution in [2.45, 2.75) is 6.18 Å². The number of benzene rings is 1. The summed E-state index contributed by atoms with van der Waals surface area (Å²) in [5.41, 5.74) is 0.386. The number of hydrogen-bond acceptors (Lipinski definition) is 5. The minimum Gasteiger partial charge on any atom is -0.456 e. The number of rotatable bonds is 3. The van der Waals surface area contributed by atoms with Crippen molar-refractivity contribution >= 4 is 21.4 Å². The number of pyridine rings is 1. The fourth-order valence-electron chi connectivity index (χ4n) is 2.89. The van der Waals surface area contributed by atoms with Crippen LogP contribution in [0, 0.1) is 0 Å². The van der Waals surface area contributed by atoms with Gasteiger partial charge in [-0.05, 0) is 42.0 Å². The number of fused-ring (bicyclic) bond motifs is 1. The molecule has 4 rings (SSSR count). The summed E-state index contributed by atoms with van der Waals surface area (Å²) in [6.07, 6.45) is 1.85. The average Bonchev–Trinajstić information content (AvgIpc) is 2.67. The topological polar surface area (TPSA) is 71.9 Å². The van der Waals surface area contributed by atoms with E-state index in [1.807, 2.05) is 6.08 Å². The molecule has 2 aromatic rings. The van der Waals surface area contributed by atoms with E-state index in [1.54, 1.807) is 41.4 Å². The maximum absolute atomic E-state index is 12.6. The van der Waals surface area contributed by atoms with E-state index in [0.29, 0.717) is 23.7 Å². The van der Waals surface area contributed by atoms with Gasteiger partial charge < -0.3 is 9.64 Å². The van der Waals surface area contributed by atoms with Gasteiger partial charge in [-0.3, -0.25) is 0 Å². The van der Waals surface area contributed by atoms with Crippen LogP contribution in [0.1, 0.15) is 11.3 Å². The molecule has 3 heterocycles. The highest BCUT2D eigenvalue weighted by Crippen LogP contribution is 2.31. The molecule has 0 amide bonds. The molecule has 0 aliphatic carbocycles. The lowest BCUT2D eigenvalue weighted by molar-refractivity contribution is -0.141. The summed E-state index contributed by atoms with van der Waals surface area (Å²) in [6.45, 7) is 0.330. The van der Waals surface area contributed by atoms with Gasteiger partial charge in [-0.15, -0.1) is 4.40 Å². The third-order valence-electron chi connectivity index (χ3n) is 4.29. The number of ether oxygens (including phenoxy) is 1. The van der Waals surface area contributed by atoms with Gasteiger partial charge in [-0.25, -0.2) is 13.4 Å². The van der Waals surface area contributed by atoms with Crippen molar-refractivity contribution in [2.75, 3.05) is 12.3 Å². The molecule has 6 nitrogen and oxygen atoms in total. The molecule has 0 radical (unpaired) electrons. The monoisotopic (exact) mass is 421 g/mol. The van der Waals surface area contributed by atoms with E-state index in [9.17, 15) is 21.6 Å². The third-order valence-corrected chi connectivity index (χ3v) is 5.43. The third kappa shape index (κ3) is 4.16. The maximum atomic E-state index is 12.6. The number of alkyl halides is 3. The lowest BCUT2D eigenvalue weighted by Gasteiger charge is -2.29. The first kappa shape index (κ1) is 19.2. The van der Waals surface area contributed by atoms with Crippen LogP contribution in [0.3, 0.4) is 0 Å². The van der Waals surface area contributed by atoms with E-state index in [1.165, 1.54) is 6.07 Å². The van der Waals surface area contributed by atoms with Gasteiger partial charge in [0.25, 0.3) is 10.0 Å². The smallest absolute Gasteiger partial charge is 0.433 e. The van der Waals surface area contributed by atoms with Crippen LogP contribution in [-0.4, -0.2) is 36.4 Å². The van der Waals surface area contributed by atoms with Crippen LogP contribution in [0.25, 0.3) is 5.57 Å². The van der Waals surface area contributed by atoms with Gasteiger partial charge >= 0.3 is 6.18 Å².